The Hall–Kier alpha value is -0.890. The molecule has 0 unspecified atom stereocenters. The molecule has 2 heterocycles. The van der Waals surface area contributed by atoms with Gasteiger partial charge >= 0.3 is 0 Å². The number of nitrogens with zero attached hydrogens (tertiary/aromatic N) is 2. The summed E-state index contributed by atoms with van der Waals surface area (Å²) >= 11 is 0. The molecule has 0 saturated carbocycles. The molecule has 0 aliphatic carbocycles. The summed E-state index contributed by atoms with van der Waals surface area (Å²) < 4.78 is 26.1. The Morgan fingerprint density at radius 2 is 2.11 bits per heavy atom. The molecule has 1 aliphatic rings. The van der Waals surface area contributed by atoms with Gasteiger partial charge < -0.3 is 10.1 Å². The predicted octanol–water partition coefficient (Wildman–Crippen LogP) is -0.297. The first-order valence-electron chi connectivity index (χ1n) is 6.11. The molecule has 102 valence electrons. The Balaban J connectivity index is 2.06. The van der Waals surface area contributed by atoms with E-state index in [-0.39, 0.29) is 6.61 Å². The molecule has 0 atom stereocenters. The number of aliphatic hydroxyl groups is 1. The van der Waals surface area contributed by atoms with Crippen LogP contribution in [-0.2, 0) is 10.0 Å². The van der Waals surface area contributed by atoms with Gasteiger partial charge in [-0.25, -0.2) is 8.42 Å². The maximum atomic E-state index is 12.3. The van der Waals surface area contributed by atoms with Gasteiger partial charge in [-0.2, -0.15) is 4.31 Å². The zero-order valence-electron chi connectivity index (χ0n) is 10.2. The molecule has 2 N–H and O–H groups in total. The van der Waals surface area contributed by atoms with Gasteiger partial charge in [-0.1, -0.05) is 0 Å². The lowest BCUT2D eigenvalue weighted by molar-refractivity contribution is 0.202. The Labute approximate surface area is 107 Å². The number of hydrogen-bond acceptors (Lipinski definition) is 4. The van der Waals surface area contributed by atoms with Crippen LogP contribution in [0.1, 0.15) is 6.42 Å². The fourth-order valence-electron chi connectivity index (χ4n) is 2.17. The van der Waals surface area contributed by atoms with Crippen molar-refractivity contribution in [2.45, 2.75) is 11.3 Å². The maximum absolute atomic E-state index is 12.3. The number of rotatable bonds is 4. The Kier molecular flexibility index (Phi) is 4.39. The molecular formula is C11H19N3O3S. The highest BCUT2D eigenvalue weighted by molar-refractivity contribution is 7.89. The van der Waals surface area contributed by atoms with Crippen LogP contribution < -0.4 is 0 Å². The van der Waals surface area contributed by atoms with Crippen molar-refractivity contribution in [2.75, 3.05) is 39.3 Å². The van der Waals surface area contributed by atoms with Crippen molar-refractivity contribution in [3.05, 3.63) is 18.5 Å². The number of H-pyrrole nitrogens is 1. The van der Waals surface area contributed by atoms with Crippen molar-refractivity contribution >= 4 is 10.0 Å². The van der Waals surface area contributed by atoms with Crippen molar-refractivity contribution in [1.82, 2.24) is 14.2 Å². The standard InChI is InChI=1S/C11H19N3O3S/c15-9-8-13-4-1-5-14(7-6-13)18(16,17)11-2-3-12-10-11/h2-3,10,12,15H,1,4-9H2. The summed E-state index contributed by atoms with van der Waals surface area (Å²) in [4.78, 5) is 5.18. The molecule has 0 aromatic carbocycles. The second-order valence-electron chi connectivity index (χ2n) is 4.37. The quantitative estimate of drug-likeness (QED) is 0.790. The zero-order chi connectivity index (χ0) is 13.0. The normalized spacial score (nSPS) is 19.8. The Bertz CT molecular complexity index is 458. The fraction of sp³-hybridized carbons (Fsp3) is 0.636. The third-order valence-corrected chi connectivity index (χ3v) is 5.07. The smallest absolute Gasteiger partial charge is 0.244 e. The Morgan fingerprint density at radius 1 is 1.28 bits per heavy atom. The van der Waals surface area contributed by atoms with E-state index in [9.17, 15) is 8.42 Å². The highest BCUT2D eigenvalue weighted by atomic mass is 32.2. The van der Waals surface area contributed by atoms with Crippen LogP contribution in [0, 0.1) is 0 Å². The molecule has 7 heteroatoms. The summed E-state index contributed by atoms with van der Waals surface area (Å²) in [7, 11) is -3.37. The van der Waals surface area contributed by atoms with Crippen molar-refractivity contribution in [3.8, 4) is 0 Å². The summed E-state index contributed by atoms with van der Waals surface area (Å²) in [5.74, 6) is 0. The van der Waals surface area contributed by atoms with E-state index in [1.807, 2.05) is 0 Å². The number of sulfonamides is 1. The van der Waals surface area contributed by atoms with E-state index in [2.05, 4.69) is 9.88 Å². The molecule has 0 bridgehead atoms. The summed E-state index contributed by atoms with van der Waals surface area (Å²) in [5, 5.41) is 8.91. The second kappa shape index (κ2) is 5.83. The van der Waals surface area contributed by atoms with Crippen molar-refractivity contribution in [3.63, 3.8) is 0 Å². The number of aromatic nitrogens is 1. The third-order valence-electron chi connectivity index (χ3n) is 3.17. The van der Waals surface area contributed by atoms with E-state index in [1.165, 1.54) is 10.5 Å². The van der Waals surface area contributed by atoms with Gasteiger partial charge in [0, 0.05) is 38.6 Å². The topological polar surface area (TPSA) is 76.6 Å². The van der Waals surface area contributed by atoms with Crippen LogP contribution in [0.5, 0.6) is 0 Å². The van der Waals surface area contributed by atoms with Gasteiger partial charge in [-0.05, 0) is 19.0 Å². The van der Waals surface area contributed by atoms with Gasteiger partial charge in [0.2, 0.25) is 10.0 Å². The predicted molar refractivity (Wildman–Crippen MR) is 67.7 cm³/mol. The van der Waals surface area contributed by atoms with E-state index < -0.39 is 10.0 Å². The molecular weight excluding hydrogens is 254 g/mol. The second-order valence-corrected chi connectivity index (χ2v) is 6.31. The van der Waals surface area contributed by atoms with Crippen LogP contribution in [0.15, 0.2) is 23.4 Å². The van der Waals surface area contributed by atoms with Gasteiger partial charge in [0.25, 0.3) is 0 Å². The molecule has 2 rings (SSSR count). The molecule has 0 spiro atoms. The first kappa shape index (κ1) is 13.5. The van der Waals surface area contributed by atoms with E-state index in [0.717, 1.165) is 13.0 Å². The van der Waals surface area contributed by atoms with Crippen LogP contribution in [0.3, 0.4) is 0 Å². The fourth-order valence-corrected chi connectivity index (χ4v) is 3.62. The minimum atomic E-state index is -3.37. The zero-order valence-corrected chi connectivity index (χ0v) is 11.1. The highest BCUT2D eigenvalue weighted by Crippen LogP contribution is 2.16. The van der Waals surface area contributed by atoms with E-state index in [1.54, 1.807) is 12.3 Å². The van der Waals surface area contributed by atoms with Gasteiger partial charge in [0.15, 0.2) is 0 Å². The molecule has 1 fully saturated rings. The van der Waals surface area contributed by atoms with Gasteiger partial charge in [-0.15, -0.1) is 0 Å². The highest BCUT2D eigenvalue weighted by Gasteiger charge is 2.26. The number of aromatic amines is 1. The van der Waals surface area contributed by atoms with E-state index >= 15 is 0 Å². The van der Waals surface area contributed by atoms with Crippen molar-refractivity contribution in [2.24, 2.45) is 0 Å². The summed E-state index contributed by atoms with van der Waals surface area (Å²) in [6.07, 6.45) is 3.91. The lowest BCUT2D eigenvalue weighted by Gasteiger charge is -2.20. The average molecular weight is 273 g/mol. The SMILES string of the molecule is O=S(=O)(c1cc[nH]c1)N1CCCN(CCO)CC1. The molecule has 6 nitrogen and oxygen atoms in total. The van der Waals surface area contributed by atoms with Crippen LogP contribution in [0.2, 0.25) is 0 Å². The largest absolute Gasteiger partial charge is 0.395 e. The van der Waals surface area contributed by atoms with Gasteiger partial charge in [0.1, 0.15) is 0 Å². The Morgan fingerprint density at radius 3 is 2.78 bits per heavy atom. The number of aliphatic hydroxyl groups excluding tert-OH is 1. The van der Waals surface area contributed by atoms with Crippen LogP contribution >= 0.6 is 0 Å². The minimum absolute atomic E-state index is 0.116. The van der Waals surface area contributed by atoms with Gasteiger partial charge in [0.05, 0.1) is 11.5 Å². The average Bonchev–Trinajstić information content (AvgIpc) is 2.78. The first-order chi connectivity index (χ1) is 8.64. The molecule has 0 amide bonds. The monoisotopic (exact) mass is 273 g/mol. The molecule has 1 saturated heterocycles. The summed E-state index contributed by atoms with van der Waals surface area (Å²) in [5.41, 5.74) is 0. The lowest BCUT2D eigenvalue weighted by atomic mass is 10.4. The molecule has 1 aromatic heterocycles. The van der Waals surface area contributed by atoms with Crippen LogP contribution in [-0.4, -0.2) is 67.0 Å². The lowest BCUT2D eigenvalue weighted by Crippen LogP contribution is -2.35. The minimum Gasteiger partial charge on any atom is -0.395 e. The van der Waals surface area contributed by atoms with Crippen molar-refractivity contribution < 1.29 is 13.5 Å². The van der Waals surface area contributed by atoms with Crippen molar-refractivity contribution in [1.29, 1.82) is 0 Å². The van der Waals surface area contributed by atoms with Crippen LogP contribution in [0.4, 0.5) is 0 Å². The number of hydrogen-bond donors (Lipinski definition) is 2. The molecule has 1 aliphatic heterocycles. The maximum Gasteiger partial charge on any atom is 0.244 e. The third kappa shape index (κ3) is 2.92. The summed E-state index contributed by atoms with van der Waals surface area (Å²) in [6.45, 7) is 3.25. The van der Waals surface area contributed by atoms with Gasteiger partial charge in [-0.3, -0.25) is 4.90 Å². The van der Waals surface area contributed by atoms with E-state index in [0.29, 0.717) is 31.1 Å². The first-order valence-corrected chi connectivity index (χ1v) is 7.55. The number of nitrogens with one attached hydrogen (secondary N) is 1. The molecule has 18 heavy (non-hydrogen) atoms. The molecule has 1 aromatic rings. The number of β-amino-alcohol motifs (C(OH)–C–C–N with tert-alkyl or cyclic N) is 1. The molecule has 0 radical (unpaired) electrons. The van der Waals surface area contributed by atoms with Crippen LogP contribution in [0.25, 0.3) is 0 Å². The summed E-state index contributed by atoms with van der Waals surface area (Å²) in [6, 6.07) is 1.58. The van der Waals surface area contributed by atoms with E-state index in [4.69, 9.17) is 5.11 Å².